The molecule has 0 saturated carbocycles. The highest BCUT2D eigenvalue weighted by Gasteiger charge is 2.30. The predicted octanol–water partition coefficient (Wildman–Crippen LogP) is 1.24. The van der Waals surface area contributed by atoms with E-state index in [1.807, 2.05) is 34.6 Å². The van der Waals surface area contributed by atoms with Crippen LogP contribution >= 0.6 is 0 Å². The molecule has 5 heteroatoms. The molecular formula is C12H27N3O2. The molecule has 0 aliphatic rings. The van der Waals surface area contributed by atoms with Crippen LogP contribution in [0.25, 0.3) is 0 Å². The summed E-state index contributed by atoms with van der Waals surface area (Å²) in [6.07, 6.45) is 1.22. The highest BCUT2D eigenvalue weighted by atomic mass is 16.5. The predicted molar refractivity (Wildman–Crippen MR) is 69.1 cm³/mol. The Morgan fingerprint density at radius 2 is 1.88 bits per heavy atom. The van der Waals surface area contributed by atoms with E-state index in [2.05, 4.69) is 5.32 Å². The highest BCUT2D eigenvalue weighted by molar-refractivity contribution is 5.76. The highest BCUT2D eigenvalue weighted by Crippen LogP contribution is 2.23. The zero-order valence-corrected chi connectivity index (χ0v) is 12.0. The molecule has 0 heterocycles. The molecule has 5 nitrogen and oxygen atoms in total. The molecule has 0 fully saturated rings. The summed E-state index contributed by atoms with van der Waals surface area (Å²) in [6, 6.07) is 0. The fourth-order valence-corrected chi connectivity index (χ4v) is 1.90. The van der Waals surface area contributed by atoms with Crippen molar-refractivity contribution in [1.29, 1.82) is 0 Å². The van der Waals surface area contributed by atoms with E-state index in [-0.39, 0.29) is 17.0 Å². The summed E-state index contributed by atoms with van der Waals surface area (Å²) in [5.41, 5.74) is -0.623. The lowest BCUT2D eigenvalue weighted by Gasteiger charge is -2.36. The summed E-state index contributed by atoms with van der Waals surface area (Å²) in [5.74, 6) is 5.56. The Morgan fingerprint density at radius 1 is 1.35 bits per heavy atom. The van der Waals surface area contributed by atoms with Gasteiger partial charge in [-0.3, -0.25) is 10.6 Å². The Kier molecular flexibility index (Phi) is 6.09. The Morgan fingerprint density at radius 3 is 2.29 bits per heavy atom. The van der Waals surface area contributed by atoms with Crippen LogP contribution in [0.3, 0.4) is 0 Å². The Bertz CT molecular complexity index is 250. The normalized spacial score (nSPS) is 12.9. The van der Waals surface area contributed by atoms with E-state index in [1.165, 1.54) is 5.01 Å². The molecule has 17 heavy (non-hydrogen) atoms. The molecule has 0 rings (SSSR count). The number of carbonyl (C=O) groups excluding carboxylic acids is 1. The minimum Gasteiger partial charge on any atom is -0.359 e. The van der Waals surface area contributed by atoms with Crippen LogP contribution in [-0.2, 0) is 9.53 Å². The maximum absolute atomic E-state index is 11.4. The molecular weight excluding hydrogens is 218 g/mol. The smallest absolute Gasteiger partial charge is 0.220 e. The second-order valence-electron chi connectivity index (χ2n) is 5.75. The lowest BCUT2D eigenvalue weighted by Crippen LogP contribution is -2.49. The van der Waals surface area contributed by atoms with Crippen LogP contribution in [0.15, 0.2) is 0 Å². The van der Waals surface area contributed by atoms with Crippen LogP contribution in [0.5, 0.6) is 0 Å². The number of hydrazine groups is 1. The van der Waals surface area contributed by atoms with E-state index >= 15 is 0 Å². The Hall–Kier alpha value is -0.650. The lowest BCUT2D eigenvalue weighted by molar-refractivity contribution is -0.124. The van der Waals surface area contributed by atoms with Crippen molar-refractivity contribution in [2.75, 3.05) is 13.8 Å². The lowest BCUT2D eigenvalue weighted by atomic mass is 9.89. The summed E-state index contributed by atoms with van der Waals surface area (Å²) < 4.78 is 5.69. The van der Waals surface area contributed by atoms with Crippen LogP contribution in [0.1, 0.15) is 47.5 Å². The molecule has 0 aliphatic heterocycles. The van der Waals surface area contributed by atoms with Crippen molar-refractivity contribution in [2.24, 2.45) is 5.84 Å². The van der Waals surface area contributed by atoms with Gasteiger partial charge < -0.3 is 10.1 Å². The van der Waals surface area contributed by atoms with Crippen molar-refractivity contribution in [3.05, 3.63) is 0 Å². The van der Waals surface area contributed by atoms with Crippen LogP contribution in [0.4, 0.5) is 0 Å². The minimum atomic E-state index is -0.335. The van der Waals surface area contributed by atoms with Crippen LogP contribution in [0, 0.1) is 0 Å². The molecule has 0 aromatic carbocycles. The van der Waals surface area contributed by atoms with Gasteiger partial charge in [-0.2, -0.15) is 0 Å². The average molecular weight is 245 g/mol. The van der Waals surface area contributed by atoms with Gasteiger partial charge in [0.25, 0.3) is 0 Å². The van der Waals surface area contributed by atoms with E-state index in [0.717, 1.165) is 6.42 Å². The number of nitrogens with zero attached hydrogens (tertiary/aromatic N) is 1. The molecule has 102 valence electrons. The van der Waals surface area contributed by atoms with Crippen molar-refractivity contribution in [1.82, 2.24) is 10.3 Å². The molecule has 0 aromatic heterocycles. The maximum Gasteiger partial charge on any atom is 0.220 e. The molecule has 0 spiro atoms. The largest absolute Gasteiger partial charge is 0.359 e. The molecule has 3 N–H and O–H groups in total. The molecule has 0 bridgehead atoms. The third-order valence-electron chi connectivity index (χ3n) is 2.33. The molecule has 0 unspecified atom stereocenters. The molecule has 0 saturated heterocycles. The van der Waals surface area contributed by atoms with Crippen molar-refractivity contribution in [3.63, 3.8) is 0 Å². The molecule has 0 radical (unpaired) electrons. The van der Waals surface area contributed by atoms with Gasteiger partial charge in [-0.05, 0) is 34.1 Å². The fraction of sp³-hybridized carbons (Fsp3) is 0.917. The van der Waals surface area contributed by atoms with Gasteiger partial charge in [-0.1, -0.05) is 6.92 Å². The standard InChI is InChI=1S/C12H27N3O2/c1-7-10(16)14-11(2,3)8-12(4,5)17-9-15(6)13/h7-9,13H2,1-6H3,(H,14,16). The molecule has 0 atom stereocenters. The fourth-order valence-electron chi connectivity index (χ4n) is 1.90. The number of nitrogens with one attached hydrogen (secondary N) is 1. The van der Waals surface area contributed by atoms with Gasteiger partial charge in [0.05, 0.1) is 5.60 Å². The molecule has 1 amide bonds. The topological polar surface area (TPSA) is 67.6 Å². The number of rotatable bonds is 7. The van der Waals surface area contributed by atoms with Gasteiger partial charge in [0.2, 0.25) is 5.91 Å². The number of carbonyl (C=O) groups is 1. The Balaban J connectivity index is 4.31. The average Bonchev–Trinajstić information content (AvgIpc) is 2.12. The quantitative estimate of drug-likeness (QED) is 0.402. The third-order valence-corrected chi connectivity index (χ3v) is 2.33. The van der Waals surface area contributed by atoms with E-state index in [0.29, 0.717) is 13.2 Å². The first-order valence-corrected chi connectivity index (χ1v) is 5.99. The second-order valence-corrected chi connectivity index (χ2v) is 5.75. The monoisotopic (exact) mass is 245 g/mol. The molecule has 0 aliphatic carbocycles. The van der Waals surface area contributed by atoms with Crippen LogP contribution in [-0.4, -0.2) is 35.8 Å². The number of ether oxygens (including phenoxy) is 1. The van der Waals surface area contributed by atoms with E-state index in [1.54, 1.807) is 7.05 Å². The van der Waals surface area contributed by atoms with Crippen LogP contribution in [0.2, 0.25) is 0 Å². The van der Waals surface area contributed by atoms with Crippen molar-refractivity contribution >= 4 is 5.91 Å². The minimum absolute atomic E-state index is 0.0572. The van der Waals surface area contributed by atoms with Gasteiger partial charge >= 0.3 is 0 Å². The van der Waals surface area contributed by atoms with Crippen molar-refractivity contribution in [2.45, 2.75) is 58.6 Å². The SMILES string of the molecule is CCC(=O)NC(C)(C)CC(C)(C)OCN(C)N. The van der Waals surface area contributed by atoms with Gasteiger partial charge in [-0.25, -0.2) is 5.01 Å². The summed E-state index contributed by atoms with van der Waals surface area (Å²) >= 11 is 0. The maximum atomic E-state index is 11.4. The van der Waals surface area contributed by atoms with E-state index in [9.17, 15) is 4.79 Å². The number of hydrogen-bond donors (Lipinski definition) is 2. The summed E-state index contributed by atoms with van der Waals surface area (Å²) in [5, 5.41) is 4.47. The second kappa shape index (κ2) is 6.33. The van der Waals surface area contributed by atoms with Gasteiger partial charge in [0.1, 0.15) is 6.73 Å². The van der Waals surface area contributed by atoms with Crippen molar-refractivity contribution < 1.29 is 9.53 Å². The van der Waals surface area contributed by atoms with Gasteiger partial charge in [0.15, 0.2) is 0 Å². The summed E-state index contributed by atoms with van der Waals surface area (Å²) in [6.45, 7) is 10.2. The first kappa shape index (κ1) is 16.4. The number of amides is 1. The zero-order valence-electron chi connectivity index (χ0n) is 12.0. The summed E-state index contributed by atoms with van der Waals surface area (Å²) in [7, 11) is 1.75. The van der Waals surface area contributed by atoms with Crippen LogP contribution < -0.4 is 11.2 Å². The van der Waals surface area contributed by atoms with Gasteiger partial charge in [-0.15, -0.1) is 0 Å². The van der Waals surface area contributed by atoms with Gasteiger partial charge in [0, 0.05) is 19.0 Å². The first-order valence-electron chi connectivity index (χ1n) is 5.99. The van der Waals surface area contributed by atoms with E-state index in [4.69, 9.17) is 10.6 Å². The number of hydrogen-bond acceptors (Lipinski definition) is 4. The summed E-state index contributed by atoms with van der Waals surface area (Å²) in [4.78, 5) is 11.4. The number of nitrogens with two attached hydrogens (primary N) is 1. The third kappa shape index (κ3) is 8.12. The van der Waals surface area contributed by atoms with E-state index < -0.39 is 0 Å². The zero-order chi connectivity index (χ0) is 13.7. The first-order chi connectivity index (χ1) is 7.58. The Labute approximate surface area is 105 Å². The molecule has 0 aromatic rings. The van der Waals surface area contributed by atoms with Crippen molar-refractivity contribution in [3.8, 4) is 0 Å².